The number of nitrogens with zero attached hydrogens (tertiary/aromatic N) is 3. The zero-order chi connectivity index (χ0) is 33.3. The standard InChI is InChI=1S/C34H24Br2ClN3O7/c1-15-2-9-24-19(10-15)20(34(44)47-14-27(41)17-5-8-23(37)26(11-17)40(45)46)13-25(38-24)16-3-6-18(7-4-16)39-32(42)28-21-12-22(29(28)33(39)43)31(36)30(21)35/h2-11,13,21-22,28-31H,12,14H2,1H3. The summed E-state index contributed by atoms with van der Waals surface area (Å²) in [5, 5.41) is 11.6. The number of carbonyl (C=O) groups excluding carboxylic acids is 4. The molecule has 2 aliphatic carbocycles. The summed E-state index contributed by atoms with van der Waals surface area (Å²) in [6.07, 6.45) is 0.848. The number of pyridine rings is 1. The Morgan fingerprint density at radius 3 is 2.28 bits per heavy atom. The number of amides is 2. The number of hydrogen-bond acceptors (Lipinski definition) is 8. The van der Waals surface area contributed by atoms with Crippen LogP contribution in [-0.4, -0.2) is 49.7 Å². The lowest BCUT2D eigenvalue weighted by Gasteiger charge is -2.28. The lowest BCUT2D eigenvalue weighted by atomic mass is 9.81. The molecule has 238 valence electrons. The van der Waals surface area contributed by atoms with Crippen LogP contribution in [0.15, 0.2) is 66.7 Å². The number of benzene rings is 3. The summed E-state index contributed by atoms with van der Waals surface area (Å²) in [7, 11) is 0. The Kier molecular flexibility index (Phi) is 8.00. The van der Waals surface area contributed by atoms with Gasteiger partial charge in [-0.25, -0.2) is 9.78 Å². The number of fused-ring (bicyclic) bond motifs is 6. The topological polar surface area (TPSA) is 137 Å². The molecule has 3 fully saturated rings. The summed E-state index contributed by atoms with van der Waals surface area (Å²) >= 11 is 13.3. The van der Waals surface area contributed by atoms with Crippen molar-refractivity contribution in [3.05, 3.63) is 98.6 Å². The molecule has 6 atom stereocenters. The molecule has 6 unspecified atom stereocenters. The number of ether oxygens (including phenoxy) is 1. The van der Waals surface area contributed by atoms with Crippen molar-refractivity contribution in [3.63, 3.8) is 0 Å². The Hall–Kier alpha value is -4.00. The van der Waals surface area contributed by atoms with Crippen LogP contribution in [0.3, 0.4) is 0 Å². The number of anilines is 1. The number of ketones is 1. The predicted molar refractivity (Wildman–Crippen MR) is 181 cm³/mol. The zero-order valence-electron chi connectivity index (χ0n) is 24.6. The van der Waals surface area contributed by atoms with Crippen molar-refractivity contribution in [1.82, 2.24) is 4.98 Å². The summed E-state index contributed by atoms with van der Waals surface area (Å²) in [5.41, 5.74) is 2.68. The van der Waals surface area contributed by atoms with E-state index in [0.717, 1.165) is 18.1 Å². The maximum atomic E-state index is 13.5. The second-order valence-corrected chi connectivity index (χ2v) is 14.6. The molecule has 3 aliphatic rings. The van der Waals surface area contributed by atoms with E-state index >= 15 is 0 Å². The van der Waals surface area contributed by atoms with Crippen molar-refractivity contribution in [1.29, 1.82) is 0 Å². The number of imide groups is 1. The van der Waals surface area contributed by atoms with Crippen LogP contribution in [0.5, 0.6) is 0 Å². The molecule has 1 saturated heterocycles. The Morgan fingerprint density at radius 1 is 0.979 bits per heavy atom. The van der Waals surface area contributed by atoms with E-state index in [4.69, 9.17) is 21.3 Å². The number of rotatable bonds is 7. The lowest BCUT2D eigenvalue weighted by Crippen LogP contribution is -2.37. The first-order chi connectivity index (χ1) is 22.4. The first-order valence-corrected chi connectivity index (χ1v) is 17.0. The van der Waals surface area contributed by atoms with Gasteiger partial charge in [-0.15, -0.1) is 0 Å². The molecule has 2 heterocycles. The number of aromatic nitrogens is 1. The van der Waals surface area contributed by atoms with Gasteiger partial charge >= 0.3 is 5.97 Å². The van der Waals surface area contributed by atoms with Crippen LogP contribution in [0.2, 0.25) is 5.02 Å². The van der Waals surface area contributed by atoms with Crippen LogP contribution in [0.25, 0.3) is 22.2 Å². The normalized spacial score (nSPS) is 24.6. The average molecular weight is 782 g/mol. The van der Waals surface area contributed by atoms with Gasteiger partial charge in [-0.3, -0.25) is 29.4 Å². The van der Waals surface area contributed by atoms with Crippen molar-refractivity contribution in [2.24, 2.45) is 23.7 Å². The van der Waals surface area contributed by atoms with Crippen molar-refractivity contribution >= 4 is 89.3 Å². The molecule has 7 rings (SSSR count). The second-order valence-electron chi connectivity index (χ2n) is 12.1. The van der Waals surface area contributed by atoms with Gasteiger partial charge < -0.3 is 4.74 Å². The number of carbonyl (C=O) groups is 4. The third-order valence-electron chi connectivity index (χ3n) is 9.39. The Labute approximate surface area is 289 Å². The summed E-state index contributed by atoms with van der Waals surface area (Å²) < 4.78 is 5.39. The van der Waals surface area contributed by atoms with E-state index in [1.807, 2.05) is 13.0 Å². The van der Waals surface area contributed by atoms with E-state index < -0.39 is 29.0 Å². The number of esters is 1. The summed E-state index contributed by atoms with van der Waals surface area (Å²) in [6, 6.07) is 17.5. The van der Waals surface area contributed by atoms with Crippen LogP contribution >= 0.6 is 43.5 Å². The third-order valence-corrected chi connectivity index (χ3v) is 12.9. The fourth-order valence-electron chi connectivity index (χ4n) is 7.16. The minimum Gasteiger partial charge on any atom is -0.454 e. The molecule has 0 radical (unpaired) electrons. The maximum Gasteiger partial charge on any atom is 0.339 e. The van der Waals surface area contributed by atoms with Gasteiger partial charge in [0, 0.05) is 32.2 Å². The Balaban J connectivity index is 1.15. The maximum absolute atomic E-state index is 13.5. The Bertz CT molecular complexity index is 2010. The first-order valence-electron chi connectivity index (χ1n) is 14.8. The molecule has 2 bridgehead atoms. The van der Waals surface area contributed by atoms with Crippen molar-refractivity contribution in [2.75, 3.05) is 11.5 Å². The van der Waals surface area contributed by atoms with E-state index in [9.17, 15) is 29.3 Å². The van der Waals surface area contributed by atoms with Gasteiger partial charge in [-0.1, -0.05) is 67.2 Å². The summed E-state index contributed by atoms with van der Waals surface area (Å²) in [4.78, 5) is 70.0. The van der Waals surface area contributed by atoms with Gasteiger partial charge in [0.2, 0.25) is 17.6 Å². The fraction of sp³-hybridized carbons (Fsp3) is 0.265. The minimum absolute atomic E-state index is 0.0182. The molecular weight excluding hydrogens is 758 g/mol. The molecule has 0 N–H and O–H groups in total. The fourth-order valence-corrected chi connectivity index (χ4v) is 9.22. The monoisotopic (exact) mass is 779 g/mol. The number of nitro benzene ring substituents is 1. The van der Waals surface area contributed by atoms with Crippen molar-refractivity contribution in [2.45, 2.75) is 23.0 Å². The lowest BCUT2D eigenvalue weighted by molar-refractivity contribution is -0.384. The van der Waals surface area contributed by atoms with Crippen LogP contribution < -0.4 is 4.90 Å². The van der Waals surface area contributed by atoms with E-state index in [1.165, 1.54) is 17.0 Å². The van der Waals surface area contributed by atoms with E-state index in [2.05, 4.69) is 31.9 Å². The third kappa shape index (κ3) is 5.26. The van der Waals surface area contributed by atoms with Crippen LogP contribution in [0.4, 0.5) is 11.4 Å². The van der Waals surface area contributed by atoms with Crippen molar-refractivity contribution < 1.29 is 28.8 Å². The predicted octanol–water partition coefficient (Wildman–Crippen LogP) is 7.09. The van der Waals surface area contributed by atoms with Crippen LogP contribution in [0.1, 0.15) is 32.7 Å². The van der Waals surface area contributed by atoms with Crippen molar-refractivity contribution in [3.8, 4) is 11.3 Å². The van der Waals surface area contributed by atoms with E-state index in [-0.39, 0.29) is 61.3 Å². The van der Waals surface area contributed by atoms with Crippen LogP contribution in [0, 0.1) is 40.7 Å². The molecule has 0 spiro atoms. The molecule has 2 amide bonds. The summed E-state index contributed by atoms with van der Waals surface area (Å²) in [6.45, 7) is 1.22. The second kappa shape index (κ2) is 11.9. The van der Waals surface area contributed by atoms with Gasteiger partial charge in [0.25, 0.3) is 5.69 Å². The number of nitro groups is 1. The molecular formula is C34H24Br2ClN3O7. The van der Waals surface area contributed by atoms with E-state index in [1.54, 1.807) is 42.5 Å². The molecule has 47 heavy (non-hydrogen) atoms. The van der Waals surface area contributed by atoms with Gasteiger partial charge in [-0.2, -0.15) is 0 Å². The van der Waals surface area contributed by atoms with Gasteiger partial charge in [0.05, 0.1) is 39.2 Å². The minimum atomic E-state index is -0.776. The quantitative estimate of drug-likeness (QED) is 0.0484. The largest absolute Gasteiger partial charge is 0.454 e. The van der Waals surface area contributed by atoms with Gasteiger partial charge in [0.15, 0.2) is 6.61 Å². The highest BCUT2D eigenvalue weighted by atomic mass is 79.9. The van der Waals surface area contributed by atoms with Gasteiger partial charge in [0.1, 0.15) is 5.02 Å². The smallest absolute Gasteiger partial charge is 0.339 e. The number of alkyl halides is 2. The van der Waals surface area contributed by atoms with E-state index in [0.29, 0.717) is 27.8 Å². The highest BCUT2D eigenvalue weighted by molar-refractivity contribution is 9.12. The SMILES string of the molecule is Cc1ccc2nc(-c3ccc(N4C(=O)C5C6CC(C(Br)C6Br)C5C4=O)cc3)cc(C(=O)OCC(=O)c3ccc(Cl)c([N+](=O)[O-])c3)c2c1. The molecule has 3 aromatic carbocycles. The highest BCUT2D eigenvalue weighted by Gasteiger charge is 2.66. The number of Topliss-reactive ketones (excluding diaryl/α,β-unsaturated/α-hetero) is 1. The first kappa shape index (κ1) is 31.6. The van der Waals surface area contributed by atoms with Gasteiger partial charge in [-0.05, 0) is 67.6 Å². The van der Waals surface area contributed by atoms with Crippen LogP contribution in [-0.2, 0) is 14.3 Å². The number of halogens is 3. The zero-order valence-corrected chi connectivity index (χ0v) is 28.5. The molecule has 2 saturated carbocycles. The molecule has 4 aromatic rings. The molecule has 10 nitrogen and oxygen atoms in total. The summed E-state index contributed by atoms with van der Waals surface area (Å²) in [5.74, 6) is -2.19. The average Bonchev–Trinajstić information content (AvgIpc) is 3.67. The number of hydrogen-bond donors (Lipinski definition) is 0. The molecule has 1 aromatic heterocycles. The molecule has 13 heteroatoms. The highest BCUT2D eigenvalue weighted by Crippen LogP contribution is 2.60. The Morgan fingerprint density at radius 2 is 1.64 bits per heavy atom. The number of aryl methyl sites for hydroxylation is 1. The molecule has 1 aliphatic heterocycles.